The van der Waals surface area contributed by atoms with Gasteiger partial charge in [-0.2, -0.15) is 23.4 Å². The second-order valence-electron chi connectivity index (χ2n) is 4.88. The summed E-state index contributed by atoms with van der Waals surface area (Å²) in [5, 5.41) is 8.04. The van der Waals surface area contributed by atoms with Crippen molar-refractivity contribution >= 4 is 0 Å². The van der Waals surface area contributed by atoms with Gasteiger partial charge in [-0.15, -0.1) is 0 Å². The fourth-order valence-corrected chi connectivity index (χ4v) is 2.33. The molecule has 4 nitrogen and oxygen atoms in total. The van der Waals surface area contributed by atoms with Gasteiger partial charge in [0.25, 0.3) is 0 Å². The molecular formula is C14H10F4N4. The Hall–Kier alpha value is -2.38. The fraction of sp³-hybridized carbons (Fsp3) is 0.286. The standard InChI is InChI=1S/C14H10F4N4/c15-10-3-1-8(2-4-10)12-11(7-21-22-12)9-5-19-13(20-6-9)14(16,17)18/h1-6,11-12H,7H2. The summed E-state index contributed by atoms with van der Waals surface area (Å²) in [6, 6.07) is 5.42. The minimum atomic E-state index is -4.57. The van der Waals surface area contributed by atoms with E-state index in [-0.39, 0.29) is 17.8 Å². The molecule has 0 spiro atoms. The molecule has 3 rings (SSSR count). The zero-order valence-corrected chi connectivity index (χ0v) is 11.1. The minimum Gasteiger partial charge on any atom is -0.233 e. The lowest BCUT2D eigenvalue weighted by molar-refractivity contribution is -0.145. The van der Waals surface area contributed by atoms with Crippen LogP contribution in [-0.4, -0.2) is 16.5 Å². The van der Waals surface area contributed by atoms with Crippen LogP contribution in [0.3, 0.4) is 0 Å². The van der Waals surface area contributed by atoms with Crippen LogP contribution in [0.4, 0.5) is 17.6 Å². The molecule has 2 unspecified atom stereocenters. The van der Waals surface area contributed by atoms with Crippen LogP contribution in [0, 0.1) is 5.82 Å². The van der Waals surface area contributed by atoms with Crippen molar-refractivity contribution in [1.82, 2.24) is 9.97 Å². The van der Waals surface area contributed by atoms with E-state index in [9.17, 15) is 17.6 Å². The molecule has 0 amide bonds. The van der Waals surface area contributed by atoms with E-state index in [4.69, 9.17) is 0 Å². The Bertz CT molecular complexity index is 679. The zero-order valence-electron chi connectivity index (χ0n) is 11.1. The summed E-state index contributed by atoms with van der Waals surface area (Å²) in [5.74, 6) is -1.80. The van der Waals surface area contributed by atoms with E-state index in [1.807, 2.05) is 0 Å². The van der Waals surface area contributed by atoms with Gasteiger partial charge in [0.1, 0.15) is 11.9 Å². The predicted octanol–water partition coefficient (Wildman–Crippen LogP) is 3.93. The van der Waals surface area contributed by atoms with Crippen LogP contribution in [-0.2, 0) is 6.18 Å². The Balaban J connectivity index is 1.86. The van der Waals surface area contributed by atoms with E-state index in [1.165, 1.54) is 12.1 Å². The Morgan fingerprint density at radius 3 is 2.18 bits per heavy atom. The first-order chi connectivity index (χ1) is 10.4. The van der Waals surface area contributed by atoms with Crippen LogP contribution in [0.2, 0.25) is 0 Å². The third kappa shape index (κ3) is 2.81. The van der Waals surface area contributed by atoms with Crippen molar-refractivity contribution in [3.05, 3.63) is 59.4 Å². The monoisotopic (exact) mass is 310 g/mol. The maximum atomic E-state index is 13.0. The van der Waals surface area contributed by atoms with Crippen molar-refractivity contribution in [3.63, 3.8) is 0 Å². The maximum absolute atomic E-state index is 13.0. The van der Waals surface area contributed by atoms with Gasteiger partial charge in [0.05, 0.1) is 6.54 Å². The van der Waals surface area contributed by atoms with Gasteiger partial charge >= 0.3 is 6.18 Å². The Labute approximate surface area is 122 Å². The molecule has 8 heteroatoms. The number of halogens is 4. The lowest BCUT2D eigenvalue weighted by Gasteiger charge is -2.17. The van der Waals surface area contributed by atoms with Crippen molar-refractivity contribution in [1.29, 1.82) is 0 Å². The van der Waals surface area contributed by atoms with Crippen LogP contribution in [0.1, 0.15) is 28.9 Å². The van der Waals surface area contributed by atoms with E-state index in [0.717, 1.165) is 18.0 Å². The van der Waals surface area contributed by atoms with E-state index < -0.39 is 12.0 Å². The Morgan fingerprint density at radius 1 is 0.955 bits per heavy atom. The fourth-order valence-electron chi connectivity index (χ4n) is 2.33. The van der Waals surface area contributed by atoms with E-state index in [2.05, 4.69) is 20.2 Å². The molecule has 0 N–H and O–H groups in total. The molecule has 0 fully saturated rings. The number of azo groups is 1. The van der Waals surface area contributed by atoms with E-state index in [0.29, 0.717) is 12.1 Å². The lowest BCUT2D eigenvalue weighted by atomic mass is 9.90. The molecule has 114 valence electrons. The Kier molecular flexibility index (Phi) is 3.59. The maximum Gasteiger partial charge on any atom is 0.451 e. The molecule has 2 aromatic rings. The third-order valence-electron chi connectivity index (χ3n) is 3.43. The third-order valence-corrected chi connectivity index (χ3v) is 3.43. The second kappa shape index (κ2) is 5.43. The summed E-state index contributed by atoms with van der Waals surface area (Å²) < 4.78 is 50.4. The first kappa shape index (κ1) is 14.6. The number of aromatic nitrogens is 2. The summed E-state index contributed by atoms with van der Waals surface area (Å²) in [7, 11) is 0. The number of nitrogens with zero attached hydrogens (tertiary/aromatic N) is 4. The molecule has 2 atom stereocenters. The SMILES string of the molecule is Fc1ccc(C2N=NCC2c2cnc(C(F)(F)F)nc2)cc1. The van der Waals surface area contributed by atoms with Crippen molar-refractivity contribution < 1.29 is 17.6 Å². The summed E-state index contributed by atoms with van der Waals surface area (Å²) >= 11 is 0. The van der Waals surface area contributed by atoms with Crippen molar-refractivity contribution in [3.8, 4) is 0 Å². The van der Waals surface area contributed by atoms with Gasteiger partial charge in [-0.1, -0.05) is 12.1 Å². The van der Waals surface area contributed by atoms with Gasteiger partial charge in [-0.25, -0.2) is 14.4 Å². The van der Waals surface area contributed by atoms with Crippen LogP contribution in [0.15, 0.2) is 46.9 Å². The van der Waals surface area contributed by atoms with Crippen LogP contribution in [0.5, 0.6) is 0 Å². The van der Waals surface area contributed by atoms with Gasteiger partial charge < -0.3 is 0 Å². The first-order valence-electron chi connectivity index (χ1n) is 6.46. The van der Waals surface area contributed by atoms with Gasteiger partial charge in [0.2, 0.25) is 5.82 Å². The summed E-state index contributed by atoms with van der Waals surface area (Å²) in [6.45, 7) is 0.330. The molecule has 0 aliphatic carbocycles. The highest BCUT2D eigenvalue weighted by molar-refractivity contribution is 5.27. The molecule has 1 aromatic carbocycles. The topological polar surface area (TPSA) is 50.5 Å². The van der Waals surface area contributed by atoms with Crippen LogP contribution < -0.4 is 0 Å². The lowest BCUT2D eigenvalue weighted by Crippen LogP contribution is -2.14. The molecular weight excluding hydrogens is 300 g/mol. The number of alkyl halides is 3. The van der Waals surface area contributed by atoms with Crippen molar-refractivity contribution in [2.75, 3.05) is 6.54 Å². The predicted molar refractivity (Wildman–Crippen MR) is 68.6 cm³/mol. The van der Waals surface area contributed by atoms with Gasteiger partial charge in [0, 0.05) is 18.3 Å². The van der Waals surface area contributed by atoms with Crippen molar-refractivity contribution in [2.24, 2.45) is 10.2 Å². The molecule has 0 saturated heterocycles. The quantitative estimate of drug-likeness (QED) is 0.789. The zero-order chi connectivity index (χ0) is 15.7. The van der Waals surface area contributed by atoms with Gasteiger partial charge in [-0.05, 0) is 23.3 Å². The number of benzene rings is 1. The summed E-state index contributed by atoms with van der Waals surface area (Å²) in [5.41, 5.74) is 1.26. The van der Waals surface area contributed by atoms with Gasteiger partial charge in [0.15, 0.2) is 0 Å². The van der Waals surface area contributed by atoms with Crippen LogP contribution >= 0.6 is 0 Å². The van der Waals surface area contributed by atoms with Gasteiger partial charge in [-0.3, -0.25) is 0 Å². The van der Waals surface area contributed by atoms with E-state index >= 15 is 0 Å². The molecule has 1 aliphatic rings. The molecule has 22 heavy (non-hydrogen) atoms. The molecule has 0 saturated carbocycles. The second-order valence-corrected chi connectivity index (χ2v) is 4.88. The highest BCUT2D eigenvalue weighted by Gasteiger charge is 2.35. The number of hydrogen-bond acceptors (Lipinski definition) is 4. The normalized spacial score (nSPS) is 21.3. The molecule has 1 aliphatic heterocycles. The molecule has 0 radical (unpaired) electrons. The summed E-state index contributed by atoms with van der Waals surface area (Å²) in [6.07, 6.45) is -2.28. The molecule has 0 bridgehead atoms. The first-order valence-corrected chi connectivity index (χ1v) is 6.46. The highest BCUT2D eigenvalue weighted by atomic mass is 19.4. The molecule has 1 aromatic heterocycles. The van der Waals surface area contributed by atoms with E-state index in [1.54, 1.807) is 12.1 Å². The minimum absolute atomic E-state index is 0.257. The highest BCUT2D eigenvalue weighted by Crippen LogP contribution is 2.38. The average molecular weight is 310 g/mol. The number of hydrogen-bond donors (Lipinski definition) is 0. The molecule has 2 heterocycles. The average Bonchev–Trinajstić information content (AvgIpc) is 2.97. The smallest absolute Gasteiger partial charge is 0.233 e. The Morgan fingerprint density at radius 2 is 1.59 bits per heavy atom. The summed E-state index contributed by atoms with van der Waals surface area (Å²) in [4.78, 5) is 6.71. The number of rotatable bonds is 2. The van der Waals surface area contributed by atoms with Crippen molar-refractivity contribution in [2.45, 2.75) is 18.1 Å². The van der Waals surface area contributed by atoms with Crippen LogP contribution in [0.25, 0.3) is 0 Å². The largest absolute Gasteiger partial charge is 0.451 e.